The molecule has 1 amide bonds. The van der Waals surface area contributed by atoms with E-state index in [-0.39, 0.29) is 5.91 Å². The molecule has 0 saturated carbocycles. The predicted molar refractivity (Wildman–Crippen MR) is 81.8 cm³/mol. The maximum Gasteiger partial charge on any atom is 0.221 e. The first-order valence-corrected chi connectivity index (χ1v) is 7.97. The lowest BCUT2D eigenvalue weighted by Gasteiger charge is -2.03. The van der Waals surface area contributed by atoms with Gasteiger partial charge in [0.2, 0.25) is 5.91 Å². The molecule has 0 bridgehead atoms. The minimum atomic E-state index is -0.0463. The van der Waals surface area contributed by atoms with Crippen LogP contribution in [-0.4, -0.2) is 10.9 Å². The number of nitrogens with one attached hydrogen (secondary N) is 1. The van der Waals surface area contributed by atoms with Crippen LogP contribution >= 0.6 is 23.1 Å². The molecule has 0 aliphatic heterocycles. The molecule has 19 heavy (non-hydrogen) atoms. The Labute approximate surface area is 121 Å². The van der Waals surface area contributed by atoms with Crippen molar-refractivity contribution in [2.75, 3.05) is 5.32 Å². The van der Waals surface area contributed by atoms with Crippen molar-refractivity contribution in [2.45, 2.75) is 30.9 Å². The van der Waals surface area contributed by atoms with E-state index in [9.17, 15) is 4.79 Å². The van der Waals surface area contributed by atoms with E-state index in [4.69, 9.17) is 0 Å². The van der Waals surface area contributed by atoms with E-state index >= 15 is 0 Å². The highest BCUT2D eigenvalue weighted by Gasteiger charge is 2.02. The molecule has 0 aliphatic rings. The molecule has 2 rings (SSSR count). The van der Waals surface area contributed by atoms with Gasteiger partial charge in [-0.05, 0) is 30.7 Å². The lowest BCUT2D eigenvalue weighted by Crippen LogP contribution is -2.05. The van der Waals surface area contributed by atoms with Crippen LogP contribution in [-0.2, 0) is 17.0 Å². The van der Waals surface area contributed by atoms with Crippen LogP contribution in [0.25, 0.3) is 0 Å². The molecule has 0 atom stereocenters. The van der Waals surface area contributed by atoms with Crippen LogP contribution in [0.2, 0.25) is 0 Å². The van der Waals surface area contributed by atoms with Crippen LogP contribution in [0.15, 0.2) is 34.5 Å². The summed E-state index contributed by atoms with van der Waals surface area (Å²) in [4.78, 5) is 16.6. The van der Waals surface area contributed by atoms with Crippen LogP contribution in [0, 0.1) is 0 Å². The van der Waals surface area contributed by atoms with Gasteiger partial charge in [0, 0.05) is 28.6 Å². The van der Waals surface area contributed by atoms with Crippen molar-refractivity contribution in [1.82, 2.24) is 4.98 Å². The maximum atomic E-state index is 10.9. The third-order valence-corrected chi connectivity index (χ3v) is 4.55. The molecular formula is C14H16N2OS2. The summed E-state index contributed by atoms with van der Waals surface area (Å²) in [5.74, 6) is 0.839. The van der Waals surface area contributed by atoms with Crippen LogP contribution in [0.4, 0.5) is 5.69 Å². The monoisotopic (exact) mass is 292 g/mol. The smallest absolute Gasteiger partial charge is 0.221 e. The minimum absolute atomic E-state index is 0.0463. The fourth-order valence-corrected chi connectivity index (χ4v) is 3.21. The summed E-state index contributed by atoms with van der Waals surface area (Å²) in [5, 5.41) is 6.07. The van der Waals surface area contributed by atoms with Gasteiger partial charge in [0.05, 0.1) is 10.7 Å². The topological polar surface area (TPSA) is 42.0 Å². The standard InChI is InChI=1S/C14H16N2OS2/c1-3-14-16-12(9-19-14)8-18-13-6-4-11(5-7-13)15-10(2)17/h4-7,9H,3,8H2,1-2H3,(H,15,17). The molecule has 1 N–H and O–H groups in total. The third kappa shape index (κ3) is 4.36. The van der Waals surface area contributed by atoms with Crippen molar-refractivity contribution >= 4 is 34.7 Å². The van der Waals surface area contributed by atoms with Crippen molar-refractivity contribution in [2.24, 2.45) is 0 Å². The van der Waals surface area contributed by atoms with Gasteiger partial charge in [-0.3, -0.25) is 4.79 Å². The molecular weight excluding hydrogens is 276 g/mol. The van der Waals surface area contributed by atoms with Gasteiger partial charge in [0.15, 0.2) is 0 Å². The molecule has 0 unspecified atom stereocenters. The van der Waals surface area contributed by atoms with Crippen molar-refractivity contribution in [3.8, 4) is 0 Å². The molecule has 100 valence electrons. The first kappa shape index (κ1) is 14.1. The van der Waals surface area contributed by atoms with Crippen molar-refractivity contribution in [1.29, 1.82) is 0 Å². The largest absolute Gasteiger partial charge is 0.326 e. The van der Waals surface area contributed by atoms with E-state index in [2.05, 4.69) is 22.6 Å². The Morgan fingerprint density at radius 1 is 1.37 bits per heavy atom. The molecule has 1 heterocycles. The summed E-state index contributed by atoms with van der Waals surface area (Å²) < 4.78 is 0. The number of amides is 1. The Kier molecular flexibility index (Phi) is 4.99. The summed E-state index contributed by atoms with van der Waals surface area (Å²) in [7, 11) is 0. The van der Waals surface area contributed by atoms with E-state index in [1.165, 1.54) is 16.8 Å². The normalized spacial score (nSPS) is 10.4. The number of benzene rings is 1. The SMILES string of the molecule is CCc1nc(CSc2ccc(NC(C)=O)cc2)cs1. The first-order valence-electron chi connectivity index (χ1n) is 6.11. The lowest BCUT2D eigenvalue weighted by molar-refractivity contribution is -0.114. The second kappa shape index (κ2) is 6.73. The number of carbonyl (C=O) groups is 1. The zero-order valence-corrected chi connectivity index (χ0v) is 12.6. The zero-order valence-electron chi connectivity index (χ0n) is 11.0. The Morgan fingerprint density at radius 3 is 2.68 bits per heavy atom. The van der Waals surface area contributed by atoms with Crippen LogP contribution in [0.1, 0.15) is 24.5 Å². The second-order valence-electron chi connectivity index (χ2n) is 4.08. The average molecular weight is 292 g/mol. The number of nitrogens with zero attached hydrogens (tertiary/aromatic N) is 1. The fourth-order valence-electron chi connectivity index (χ4n) is 1.57. The molecule has 1 aromatic carbocycles. The number of hydrogen-bond acceptors (Lipinski definition) is 4. The maximum absolute atomic E-state index is 10.9. The van der Waals surface area contributed by atoms with E-state index in [0.29, 0.717) is 0 Å². The molecule has 0 aliphatic carbocycles. The van der Waals surface area contributed by atoms with Gasteiger partial charge < -0.3 is 5.32 Å². The number of thiazole rings is 1. The Morgan fingerprint density at radius 2 is 2.11 bits per heavy atom. The second-order valence-corrected chi connectivity index (χ2v) is 6.07. The van der Waals surface area contributed by atoms with Crippen LogP contribution in [0.5, 0.6) is 0 Å². The molecule has 0 saturated heterocycles. The molecule has 0 radical (unpaired) electrons. The third-order valence-electron chi connectivity index (χ3n) is 2.46. The summed E-state index contributed by atoms with van der Waals surface area (Å²) in [5.41, 5.74) is 1.97. The summed E-state index contributed by atoms with van der Waals surface area (Å²) in [6.07, 6.45) is 1.00. The summed E-state index contributed by atoms with van der Waals surface area (Å²) >= 11 is 3.48. The van der Waals surface area contributed by atoms with Gasteiger partial charge >= 0.3 is 0 Å². The fraction of sp³-hybridized carbons (Fsp3) is 0.286. The highest BCUT2D eigenvalue weighted by Crippen LogP contribution is 2.25. The van der Waals surface area contributed by atoms with E-state index in [0.717, 1.165) is 23.6 Å². The van der Waals surface area contributed by atoms with E-state index in [1.807, 2.05) is 24.3 Å². The predicted octanol–water partition coefficient (Wildman–Crippen LogP) is 3.96. The molecule has 1 aromatic heterocycles. The number of anilines is 1. The van der Waals surface area contributed by atoms with Gasteiger partial charge in [-0.1, -0.05) is 6.92 Å². The Hall–Kier alpha value is -1.33. The van der Waals surface area contributed by atoms with Gasteiger partial charge in [-0.2, -0.15) is 0 Å². The van der Waals surface area contributed by atoms with Gasteiger partial charge in [0.25, 0.3) is 0 Å². The van der Waals surface area contributed by atoms with E-state index < -0.39 is 0 Å². The summed E-state index contributed by atoms with van der Waals surface area (Å²) in [6, 6.07) is 7.87. The number of aromatic nitrogens is 1. The van der Waals surface area contributed by atoms with Crippen molar-refractivity contribution in [3.63, 3.8) is 0 Å². The minimum Gasteiger partial charge on any atom is -0.326 e. The van der Waals surface area contributed by atoms with Crippen molar-refractivity contribution in [3.05, 3.63) is 40.3 Å². The average Bonchev–Trinajstić information content (AvgIpc) is 2.85. The zero-order chi connectivity index (χ0) is 13.7. The number of thioether (sulfide) groups is 1. The quantitative estimate of drug-likeness (QED) is 0.848. The number of hydrogen-bond donors (Lipinski definition) is 1. The van der Waals surface area contributed by atoms with Gasteiger partial charge in [0.1, 0.15) is 0 Å². The molecule has 0 fully saturated rings. The molecule has 2 aromatic rings. The number of carbonyl (C=O) groups excluding carboxylic acids is 1. The molecule has 0 spiro atoms. The highest BCUT2D eigenvalue weighted by atomic mass is 32.2. The van der Waals surface area contributed by atoms with E-state index in [1.54, 1.807) is 23.1 Å². The van der Waals surface area contributed by atoms with Crippen LogP contribution in [0.3, 0.4) is 0 Å². The number of rotatable bonds is 5. The lowest BCUT2D eigenvalue weighted by atomic mass is 10.3. The Balaban J connectivity index is 1.90. The van der Waals surface area contributed by atoms with Gasteiger partial charge in [-0.15, -0.1) is 23.1 Å². The Bertz CT molecular complexity index is 549. The highest BCUT2D eigenvalue weighted by molar-refractivity contribution is 7.98. The van der Waals surface area contributed by atoms with Crippen LogP contribution < -0.4 is 5.32 Å². The van der Waals surface area contributed by atoms with Gasteiger partial charge in [-0.25, -0.2) is 4.98 Å². The van der Waals surface area contributed by atoms with Crippen molar-refractivity contribution < 1.29 is 4.79 Å². The first-order chi connectivity index (χ1) is 9.17. The molecule has 3 nitrogen and oxygen atoms in total. The molecule has 5 heteroatoms. The summed E-state index contributed by atoms with van der Waals surface area (Å²) in [6.45, 7) is 3.63. The number of aryl methyl sites for hydroxylation is 1.